The van der Waals surface area contributed by atoms with Crippen LogP contribution in [0.3, 0.4) is 0 Å². The summed E-state index contributed by atoms with van der Waals surface area (Å²) in [4.78, 5) is 102. The maximum Gasteiger partial charge on any atom is 0.329 e. The summed E-state index contributed by atoms with van der Waals surface area (Å²) < 4.78 is 34.5. The standard InChI is InChI=1S/C40H48ClF2N7O8/c1-21-15-32-39(56)58-23(3)33(47-34(51)29(18-24-16-25(42)19-26(43)17-24)46-40(57)45-28-10-5-4-9-27(28)41)38(55)49-14-8-12-31(49)37(54)48-13-7-6-11-30(48)35(52)44-22(2)36(53)50(32)20-21/h4-5,9-10,16-17,19,21-23,29-33H,6-8,11-15,18,20H2,1-3H3,(H,44,52)(H,47,51)(H2,45,46,57)/t21-,22+,23+,29+,30+,31+,32+,33+/m1/s1. The highest BCUT2D eigenvalue weighted by Crippen LogP contribution is 2.29. The Bertz CT molecular complexity index is 1940. The molecular weight excluding hydrogens is 780 g/mol. The minimum Gasteiger partial charge on any atom is -0.458 e. The Morgan fingerprint density at radius 2 is 1.53 bits per heavy atom. The lowest BCUT2D eigenvalue weighted by Gasteiger charge is -2.39. The average Bonchev–Trinajstić information content (AvgIpc) is 3.83. The number of carbonyl (C=O) groups is 7. The molecule has 0 unspecified atom stereocenters. The van der Waals surface area contributed by atoms with E-state index < -0.39 is 102 Å². The van der Waals surface area contributed by atoms with Crippen molar-refractivity contribution >= 4 is 58.8 Å². The third-order valence-electron chi connectivity index (χ3n) is 11.1. The molecule has 4 N–H and O–H groups in total. The maximum absolute atomic E-state index is 14.7. The van der Waals surface area contributed by atoms with E-state index in [0.717, 1.165) is 12.1 Å². The zero-order valence-corrected chi connectivity index (χ0v) is 33.2. The Morgan fingerprint density at radius 1 is 0.862 bits per heavy atom. The number of piperidine rings is 1. The van der Waals surface area contributed by atoms with Gasteiger partial charge in [-0.15, -0.1) is 0 Å². The van der Waals surface area contributed by atoms with Crippen molar-refractivity contribution in [1.82, 2.24) is 30.7 Å². The van der Waals surface area contributed by atoms with Crippen LogP contribution in [0.4, 0.5) is 19.3 Å². The molecule has 4 heterocycles. The van der Waals surface area contributed by atoms with Gasteiger partial charge in [0.1, 0.15) is 54.0 Å². The molecule has 15 nitrogen and oxygen atoms in total. The van der Waals surface area contributed by atoms with Crippen LogP contribution >= 0.6 is 11.6 Å². The van der Waals surface area contributed by atoms with Gasteiger partial charge < -0.3 is 40.7 Å². The van der Waals surface area contributed by atoms with Gasteiger partial charge in [0.15, 0.2) is 0 Å². The molecule has 7 amide bonds. The van der Waals surface area contributed by atoms with Crippen LogP contribution in [-0.2, 0) is 39.9 Å². The van der Waals surface area contributed by atoms with Gasteiger partial charge in [0.25, 0.3) is 0 Å². The number of nitrogens with one attached hydrogen (secondary N) is 4. The van der Waals surface area contributed by atoms with Crippen LogP contribution in [0.2, 0.25) is 5.02 Å². The Labute approximate surface area is 339 Å². The molecule has 0 radical (unpaired) electrons. The number of para-hydroxylation sites is 1. The van der Waals surface area contributed by atoms with Gasteiger partial charge in [0, 0.05) is 32.1 Å². The van der Waals surface area contributed by atoms with Crippen LogP contribution in [-0.4, -0.2) is 118 Å². The molecule has 0 spiro atoms. The van der Waals surface area contributed by atoms with E-state index in [9.17, 15) is 42.3 Å². The number of nitrogens with zero attached hydrogens (tertiary/aromatic N) is 3. The van der Waals surface area contributed by atoms with Crippen molar-refractivity contribution in [1.29, 1.82) is 0 Å². The number of hydrogen-bond acceptors (Lipinski definition) is 8. The van der Waals surface area contributed by atoms with E-state index in [1.165, 1.54) is 40.7 Å². The van der Waals surface area contributed by atoms with E-state index in [2.05, 4.69) is 21.3 Å². The van der Waals surface area contributed by atoms with Crippen LogP contribution in [0.25, 0.3) is 0 Å². The summed E-state index contributed by atoms with van der Waals surface area (Å²) in [5.74, 6) is -6.08. The number of ether oxygens (including phenoxy) is 1. The zero-order valence-electron chi connectivity index (χ0n) is 32.5. The highest BCUT2D eigenvalue weighted by atomic mass is 35.5. The number of amides is 7. The molecule has 4 fully saturated rings. The number of cyclic esters (lactones) is 1. The van der Waals surface area contributed by atoms with Crippen LogP contribution < -0.4 is 21.3 Å². The molecule has 0 bridgehead atoms. The van der Waals surface area contributed by atoms with Crippen molar-refractivity contribution in [2.75, 3.05) is 25.0 Å². The SMILES string of the molecule is C[C@@H]1C[C@H]2C(=O)O[C@@H](C)[C@H](NC(=O)[C@H](Cc3cc(F)cc(F)c3)NC(=O)Nc3ccccc3Cl)C(=O)N3CCC[C@H]3C(=O)N3CCCC[C@H]3C(=O)N[C@@H](C)C(=O)N2C1. The van der Waals surface area contributed by atoms with E-state index in [0.29, 0.717) is 31.7 Å². The molecule has 0 saturated carbocycles. The third-order valence-corrected chi connectivity index (χ3v) is 11.5. The van der Waals surface area contributed by atoms with Gasteiger partial charge >= 0.3 is 12.0 Å². The molecule has 8 atom stereocenters. The van der Waals surface area contributed by atoms with E-state index >= 15 is 0 Å². The lowest BCUT2D eigenvalue weighted by molar-refractivity contribution is -0.163. The summed E-state index contributed by atoms with van der Waals surface area (Å²) >= 11 is 6.22. The molecule has 4 aliphatic rings. The predicted octanol–water partition coefficient (Wildman–Crippen LogP) is 2.89. The lowest BCUT2D eigenvalue weighted by atomic mass is 9.99. The van der Waals surface area contributed by atoms with Crippen molar-refractivity contribution in [3.8, 4) is 0 Å². The lowest BCUT2D eigenvalue weighted by Crippen LogP contribution is -2.63. The predicted molar refractivity (Wildman–Crippen MR) is 206 cm³/mol. The number of halogens is 3. The molecule has 0 aliphatic carbocycles. The average molecular weight is 828 g/mol. The number of anilines is 1. The largest absolute Gasteiger partial charge is 0.458 e. The first kappa shape index (κ1) is 42.3. The minimum atomic E-state index is -1.64. The molecule has 58 heavy (non-hydrogen) atoms. The summed E-state index contributed by atoms with van der Waals surface area (Å²) in [7, 11) is 0. The third kappa shape index (κ3) is 9.51. The Kier molecular flexibility index (Phi) is 13.2. The number of benzene rings is 2. The first-order valence-electron chi connectivity index (χ1n) is 19.6. The number of urea groups is 1. The Balaban J connectivity index is 1.34. The summed E-state index contributed by atoms with van der Waals surface area (Å²) in [5.41, 5.74) is 0.200. The fourth-order valence-corrected chi connectivity index (χ4v) is 8.46. The van der Waals surface area contributed by atoms with Crippen molar-refractivity contribution in [2.45, 2.75) is 108 Å². The Hall–Kier alpha value is -5.32. The number of fused-ring (bicyclic) bond motifs is 3. The quantitative estimate of drug-likeness (QED) is 0.320. The summed E-state index contributed by atoms with van der Waals surface area (Å²) in [5, 5.41) is 10.6. The van der Waals surface area contributed by atoms with E-state index in [4.69, 9.17) is 16.3 Å². The summed E-state index contributed by atoms with van der Waals surface area (Å²) in [6, 6.07) is 0.806. The first-order chi connectivity index (χ1) is 27.6. The van der Waals surface area contributed by atoms with E-state index in [1.807, 2.05) is 6.92 Å². The van der Waals surface area contributed by atoms with Crippen molar-refractivity contribution in [3.63, 3.8) is 0 Å². The number of hydrogen-bond donors (Lipinski definition) is 4. The number of rotatable bonds is 6. The van der Waals surface area contributed by atoms with Crippen LogP contribution in [0.5, 0.6) is 0 Å². The second kappa shape index (κ2) is 18.1. The fraction of sp³-hybridized carbons (Fsp3) is 0.525. The monoisotopic (exact) mass is 827 g/mol. The topological polar surface area (TPSA) is 187 Å². The highest BCUT2D eigenvalue weighted by molar-refractivity contribution is 6.33. The van der Waals surface area contributed by atoms with Gasteiger partial charge in [0.2, 0.25) is 29.5 Å². The second-order valence-corrected chi connectivity index (χ2v) is 16.0. The summed E-state index contributed by atoms with van der Waals surface area (Å²) in [6.45, 7) is 5.32. The molecule has 2 aromatic carbocycles. The zero-order chi connectivity index (χ0) is 41.8. The van der Waals surface area contributed by atoms with E-state index in [1.54, 1.807) is 12.1 Å². The molecule has 18 heteroatoms. The molecule has 6 rings (SSSR count). The van der Waals surface area contributed by atoms with E-state index in [-0.39, 0.29) is 54.7 Å². The second-order valence-electron chi connectivity index (χ2n) is 15.6. The van der Waals surface area contributed by atoms with Crippen LogP contribution in [0, 0.1) is 17.6 Å². The highest BCUT2D eigenvalue weighted by Gasteiger charge is 2.47. The molecule has 4 saturated heterocycles. The van der Waals surface area contributed by atoms with Gasteiger partial charge in [-0.1, -0.05) is 30.7 Å². The van der Waals surface area contributed by atoms with Gasteiger partial charge in [-0.05, 0) is 88.1 Å². The van der Waals surface area contributed by atoms with Gasteiger partial charge in [-0.3, -0.25) is 24.0 Å². The van der Waals surface area contributed by atoms with Crippen LogP contribution in [0.15, 0.2) is 42.5 Å². The minimum absolute atomic E-state index is 0.000784. The van der Waals surface area contributed by atoms with Gasteiger partial charge in [-0.2, -0.15) is 0 Å². The molecule has 2 aromatic rings. The fourth-order valence-electron chi connectivity index (χ4n) is 8.27. The smallest absolute Gasteiger partial charge is 0.329 e. The Morgan fingerprint density at radius 3 is 2.26 bits per heavy atom. The maximum atomic E-state index is 14.7. The molecule has 0 aromatic heterocycles. The van der Waals surface area contributed by atoms with Crippen molar-refractivity contribution in [3.05, 3.63) is 64.7 Å². The molecular formula is C40H48ClF2N7O8. The van der Waals surface area contributed by atoms with Crippen molar-refractivity contribution < 1.29 is 47.1 Å². The van der Waals surface area contributed by atoms with Crippen molar-refractivity contribution in [2.24, 2.45) is 5.92 Å². The molecule has 4 aliphatic heterocycles. The first-order valence-corrected chi connectivity index (χ1v) is 20.0. The van der Waals surface area contributed by atoms with Gasteiger partial charge in [0.05, 0.1) is 10.7 Å². The molecule has 312 valence electrons. The summed E-state index contributed by atoms with van der Waals surface area (Å²) in [6.07, 6.45) is 0.711. The van der Waals surface area contributed by atoms with Gasteiger partial charge in [-0.25, -0.2) is 18.4 Å². The van der Waals surface area contributed by atoms with Crippen LogP contribution in [0.1, 0.15) is 64.9 Å². The number of carbonyl (C=O) groups excluding carboxylic acids is 7. The number of esters is 1. The normalized spacial score (nSPS) is 27.5.